The molecule has 1 amide bonds. The lowest BCUT2D eigenvalue weighted by Crippen LogP contribution is -2.14. The van der Waals surface area contributed by atoms with E-state index in [0.717, 1.165) is 16.7 Å². The SMILES string of the molecule is COc1ccc(CC(=O)Nc2ccc3oc(=O)ccc3c2)cc1. The highest BCUT2D eigenvalue weighted by atomic mass is 16.5. The lowest BCUT2D eigenvalue weighted by molar-refractivity contribution is -0.115. The third kappa shape index (κ3) is 3.58. The molecule has 116 valence electrons. The molecule has 0 unspecified atom stereocenters. The van der Waals surface area contributed by atoms with Crippen LogP contribution in [0.25, 0.3) is 11.0 Å². The number of hydrogen-bond donors (Lipinski definition) is 1. The normalized spacial score (nSPS) is 10.5. The predicted octanol–water partition coefficient (Wildman–Crippen LogP) is 2.98. The average molecular weight is 309 g/mol. The average Bonchev–Trinajstić information content (AvgIpc) is 2.55. The highest BCUT2D eigenvalue weighted by Gasteiger charge is 2.06. The van der Waals surface area contributed by atoms with Crippen molar-refractivity contribution in [2.45, 2.75) is 6.42 Å². The molecule has 0 saturated carbocycles. The number of rotatable bonds is 4. The van der Waals surface area contributed by atoms with Crippen molar-refractivity contribution in [2.75, 3.05) is 12.4 Å². The molecule has 3 aromatic rings. The van der Waals surface area contributed by atoms with Crippen LogP contribution >= 0.6 is 0 Å². The Morgan fingerprint density at radius 1 is 1.09 bits per heavy atom. The van der Waals surface area contributed by atoms with Gasteiger partial charge >= 0.3 is 5.63 Å². The summed E-state index contributed by atoms with van der Waals surface area (Å²) in [6, 6.07) is 15.5. The molecular weight excluding hydrogens is 294 g/mol. The van der Waals surface area contributed by atoms with Crippen LogP contribution in [-0.4, -0.2) is 13.0 Å². The quantitative estimate of drug-likeness (QED) is 0.752. The van der Waals surface area contributed by atoms with Crippen LogP contribution in [0.2, 0.25) is 0 Å². The van der Waals surface area contributed by atoms with Crippen molar-refractivity contribution in [2.24, 2.45) is 0 Å². The second-order valence-electron chi connectivity index (χ2n) is 5.08. The first kappa shape index (κ1) is 14.8. The Bertz CT molecular complexity index is 897. The minimum atomic E-state index is -0.395. The number of nitrogens with one attached hydrogen (secondary N) is 1. The minimum absolute atomic E-state index is 0.119. The second kappa shape index (κ2) is 6.36. The molecule has 5 heteroatoms. The summed E-state index contributed by atoms with van der Waals surface area (Å²) in [6.45, 7) is 0. The molecule has 0 aliphatic heterocycles. The van der Waals surface area contributed by atoms with Gasteiger partial charge in [-0.1, -0.05) is 12.1 Å². The van der Waals surface area contributed by atoms with Gasteiger partial charge in [0.25, 0.3) is 0 Å². The van der Waals surface area contributed by atoms with Crippen LogP contribution in [-0.2, 0) is 11.2 Å². The summed E-state index contributed by atoms with van der Waals surface area (Å²) in [7, 11) is 1.60. The van der Waals surface area contributed by atoms with E-state index in [0.29, 0.717) is 11.3 Å². The summed E-state index contributed by atoms with van der Waals surface area (Å²) >= 11 is 0. The van der Waals surface area contributed by atoms with Gasteiger partial charge in [0.1, 0.15) is 11.3 Å². The highest BCUT2D eigenvalue weighted by Crippen LogP contribution is 2.18. The van der Waals surface area contributed by atoms with E-state index in [4.69, 9.17) is 9.15 Å². The number of hydrogen-bond acceptors (Lipinski definition) is 4. The van der Waals surface area contributed by atoms with Gasteiger partial charge in [-0.3, -0.25) is 4.79 Å². The Labute approximate surface area is 132 Å². The predicted molar refractivity (Wildman–Crippen MR) is 87.8 cm³/mol. The van der Waals surface area contributed by atoms with Crippen molar-refractivity contribution in [3.63, 3.8) is 0 Å². The van der Waals surface area contributed by atoms with Crippen LogP contribution in [0.1, 0.15) is 5.56 Å². The van der Waals surface area contributed by atoms with Gasteiger partial charge in [-0.15, -0.1) is 0 Å². The van der Waals surface area contributed by atoms with Gasteiger partial charge in [0.2, 0.25) is 5.91 Å². The first-order valence-electron chi connectivity index (χ1n) is 7.11. The van der Waals surface area contributed by atoms with Crippen LogP contribution in [0.3, 0.4) is 0 Å². The van der Waals surface area contributed by atoms with Crippen molar-refractivity contribution in [3.8, 4) is 5.75 Å². The summed E-state index contributed by atoms with van der Waals surface area (Å²) in [5.74, 6) is 0.636. The third-order valence-electron chi connectivity index (χ3n) is 3.43. The van der Waals surface area contributed by atoms with Crippen LogP contribution in [0.5, 0.6) is 5.75 Å². The molecule has 0 spiro atoms. The van der Waals surface area contributed by atoms with Gasteiger partial charge in [-0.05, 0) is 42.0 Å². The Morgan fingerprint density at radius 3 is 2.61 bits per heavy atom. The minimum Gasteiger partial charge on any atom is -0.497 e. The Balaban J connectivity index is 1.71. The maximum Gasteiger partial charge on any atom is 0.336 e. The van der Waals surface area contributed by atoms with Crippen molar-refractivity contribution in [1.82, 2.24) is 0 Å². The molecule has 1 heterocycles. The molecule has 3 rings (SSSR count). The molecule has 0 bridgehead atoms. The van der Waals surface area contributed by atoms with Crippen LogP contribution in [0, 0.1) is 0 Å². The van der Waals surface area contributed by atoms with Crippen molar-refractivity contribution < 1.29 is 13.9 Å². The van der Waals surface area contributed by atoms with Gasteiger partial charge in [0.15, 0.2) is 0 Å². The summed E-state index contributed by atoms with van der Waals surface area (Å²) in [5.41, 5.74) is 1.65. The molecule has 1 N–H and O–H groups in total. The summed E-state index contributed by atoms with van der Waals surface area (Å²) in [5, 5.41) is 3.59. The van der Waals surface area contributed by atoms with E-state index in [2.05, 4.69) is 5.32 Å². The summed E-state index contributed by atoms with van der Waals surface area (Å²) in [6.07, 6.45) is 0.270. The van der Waals surface area contributed by atoms with Crippen molar-refractivity contribution in [3.05, 3.63) is 70.6 Å². The molecule has 0 radical (unpaired) electrons. The summed E-state index contributed by atoms with van der Waals surface area (Å²) < 4.78 is 10.1. The molecule has 2 aromatic carbocycles. The largest absolute Gasteiger partial charge is 0.497 e. The molecule has 1 aromatic heterocycles. The lowest BCUT2D eigenvalue weighted by Gasteiger charge is -2.07. The molecule has 5 nitrogen and oxygen atoms in total. The molecule has 0 aliphatic rings. The number of carbonyl (C=O) groups is 1. The standard InChI is InChI=1S/C18H15NO4/c1-22-15-6-2-12(3-7-15)10-17(20)19-14-5-8-16-13(11-14)4-9-18(21)23-16/h2-9,11H,10H2,1H3,(H,19,20). The van der Waals surface area contributed by atoms with E-state index in [9.17, 15) is 9.59 Å². The lowest BCUT2D eigenvalue weighted by atomic mass is 10.1. The monoisotopic (exact) mass is 309 g/mol. The fraction of sp³-hybridized carbons (Fsp3) is 0.111. The van der Waals surface area contributed by atoms with E-state index >= 15 is 0 Å². The molecular formula is C18H15NO4. The number of methoxy groups -OCH3 is 1. The van der Waals surface area contributed by atoms with E-state index < -0.39 is 5.63 Å². The second-order valence-corrected chi connectivity index (χ2v) is 5.08. The first-order valence-corrected chi connectivity index (χ1v) is 7.11. The zero-order valence-corrected chi connectivity index (χ0v) is 12.5. The number of benzene rings is 2. The van der Waals surface area contributed by atoms with Crippen molar-refractivity contribution in [1.29, 1.82) is 0 Å². The van der Waals surface area contributed by atoms with Gasteiger partial charge < -0.3 is 14.5 Å². The molecule has 0 aliphatic carbocycles. The van der Waals surface area contributed by atoms with Crippen molar-refractivity contribution >= 4 is 22.6 Å². The smallest absolute Gasteiger partial charge is 0.336 e. The third-order valence-corrected chi connectivity index (χ3v) is 3.43. The maximum atomic E-state index is 12.1. The maximum absolute atomic E-state index is 12.1. The van der Waals surface area contributed by atoms with Gasteiger partial charge in [-0.25, -0.2) is 4.79 Å². The van der Waals surface area contributed by atoms with E-state index in [1.807, 2.05) is 24.3 Å². The fourth-order valence-electron chi connectivity index (χ4n) is 2.28. The fourth-order valence-corrected chi connectivity index (χ4v) is 2.28. The first-order chi connectivity index (χ1) is 11.1. The van der Waals surface area contributed by atoms with E-state index in [-0.39, 0.29) is 12.3 Å². The Hall–Kier alpha value is -3.08. The topological polar surface area (TPSA) is 68.5 Å². The van der Waals surface area contributed by atoms with Crippen LogP contribution in [0.4, 0.5) is 5.69 Å². The highest BCUT2D eigenvalue weighted by molar-refractivity contribution is 5.94. The Kier molecular flexibility index (Phi) is 4.10. The number of anilines is 1. The zero-order chi connectivity index (χ0) is 16.2. The summed E-state index contributed by atoms with van der Waals surface area (Å²) in [4.78, 5) is 23.3. The van der Waals surface area contributed by atoms with Crippen LogP contribution in [0.15, 0.2) is 63.8 Å². The Morgan fingerprint density at radius 2 is 1.87 bits per heavy atom. The van der Waals surface area contributed by atoms with Crippen LogP contribution < -0.4 is 15.7 Å². The number of amides is 1. The number of ether oxygens (including phenoxy) is 1. The zero-order valence-electron chi connectivity index (χ0n) is 12.5. The van der Waals surface area contributed by atoms with E-state index in [1.54, 1.807) is 31.4 Å². The number of fused-ring (bicyclic) bond motifs is 1. The van der Waals surface area contributed by atoms with Gasteiger partial charge in [0, 0.05) is 17.1 Å². The van der Waals surface area contributed by atoms with Gasteiger partial charge in [-0.2, -0.15) is 0 Å². The molecule has 0 atom stereocenters. The molecule has 0 fully saturated rings. The van der Waals surface area contributed by atoms with E-state index in [1.165, 1.54) is 6.07 Å². The molecule has 23 heavy (non-hydrogen) atoms. The van der Waals surface area contributed by atoms with Gasteiger partial charge in [0.05, 0.1) is 13.5 Å². The number of carbonyl (C=O) groups excluding carboxylic acids is 1. The molecule has 0 saturated heterocycles.